The van der Waals surface area contributed by atoms with Crippen molar-refractivity contribution in [3.05, 3.63) is 30.1 Å². The van der Waals surface area contributed by atoms with Crippen molar-refractivity contribution in [3.63, 3.8) is 0 Å². The molecule has 0 amide bonds. The molecule has 1 aromatic rings. The first-order valence-electron chi connectivity index (χ1n) is 5.07. The Labute approximate surface area is 83.5 Å². The summed E-state index contributed by atoms with van der Waals surface area (Å²) < 4.78 is 12.8. The van der Waals surface area contributed by atoms with Crippen LogP contribution in [0, 0.1) is 5.82 Å². The van der Waals surface area contributed by atoms with Gasteiger partial charge in [-0.25, -0.2) is 4.39 Å². The van der Waals surface area contributed by atoms with Gasteiger partial charge in [0.05, 0.1) is 0 Å². The minimum atomic E-state index is -0.186. The molecular formula is C11H15FN2. The zero-order chi connectivity index (χ0) is 9.80. The summed E-state index contributed by atoms with van der Waals surface area (Å²) in [5, 5.41) is 6.61. The Balaban J connectivity index is 1.85. The van der Waals surface area contributed by atoms with Crippen molar-refractivity contribution in [2.75, 3.05) is 18.4 Å². The number of benzene rings is 1. The van der Waals surface area contributed by atoms with Gasteiger partial charge >= 0.3 is 0 Å². The van der Waals surface area contributed by atoms with E-state index in [1.165, 1.54) is 25.0 Å². The van der Waals surface area contributed by atoms with E-state index in [1.807, 2.05) is 6.07 Å². The summed E-state index contributed by atoms with van der Waals surface area (Å²) in [5.41, 5.74) is 0.860. The molecular weight excluding hydrogens is 179 g/mol. The van der Waals surface area contributed by atoms with Crippen molar-refractivity contribution in [2.24, 2.45) is 0 Å². The van der Waals surface area contributed by atoms with Crippen molar-refractivity contribution < 1.29 is 4.39 Å². The van der Waals surface area contributed by atoms with Crippen LogP contribution in [0.5, 0.6) is 0 Å². The topological polar surface area (TPSA) is 24.1 Å². The SMILES string of the molecule is Fc1cccc(NCC2CCCN2)c1. The fourth-order valence-electron chi connectivity index (χ4n) is 1.77. The molecule has 2 nitrogen and oxygen atoms in total. The van der Waals surface area contributed by atoms with E-state index in [1.54, 1.807) is 6.07 Å². The van der Waals surface area contributed by atoms with Gasteiger partial charge in [-0.3, -0.25) is 0 Å². The van der Waals surface area contributed by atoms with Crippen LogP contribution in [0.15, 0.2) is 24.3 Å². The Morgan fingerprint density at radius 2 is 2.43 bits per heavy atom. The molecule has 0 bridgehead atoms. The quantitative estimate of drug-likeness (QED) is 0.769. The lowest BCUT2D eigenvalue weighted by Crippen LogP contribution is -2.29. The average molecular weight is 194 g/mol. The molecule has 1 saturated heterocycles. The Kier molecular flexibility index (Phi) is 2.99. The Bertz CT molecular complexity index is 295. The van der Waals surface area contributed by atoms with Crippen LogP contribution in [0.4, 0.5) is 10.1 Å². The maximum absolute atomic E-state index is 12.8. The smallest absolute Gasteiger partial charge is 0.125 e. The summed E-state index contributed by atoms with van der Waals surface area (Å²) in [6.07, 6.45) is 2.46. The molecule has 0 spiro atoms. The van der Waals surface area contributed by atoms with Crippen LogP contribution in [-0.4, -0.2) is 19.1 Å². The predicted octanol–water partition coefficient (Wildman–Crippen LogP) is 1.99. The van der Waals surface area contributed by atoms with Gasteiger partial charge in [0.1, 0.15) is 5.82 Å². The van der Waals surface area contributed by atoms with E-state index in [4.69, 9.17) is 0 Å². The van der Waals surface area contributed by atoms with Crippen molar-refractivity contribution in [1.82, 2.24) is 5.32 Å². The number of rotatable bonds is 3. The zero-order valence-electron chi connectivity index (χ0n) is 8.09. The highest BCUT2D eigenvalue weighted by molar-refractivity contribution is 5.43. The molecule has 1 aromatic carbocycles. The van der Waals surface area contributed by atoms with Crippen molar-refractivity contribution in [2.45, 2.75) is 18.9 Å². The van der Waals surface area contributed by atoms with E-state index >= 15 is 0 Å². The zero-order valence-corrected chi connectivity index (χ0v) is 8.09. The van der Waals surface area contributed by atoms with Gasteiger partial charge in [-0.1, -0.05) is 6.07 Å². The molecule has 0 saturated carbocycles. The first-order valence-corrected chi connectivity index (χ1v) is 5.07. The van der Waals surface area contributed by atoms with E-state index in [0.717, 1.165) is 18.8 Å². The maximum Gasteiger partial charge on any atom is 0.125 e. The molecule has 2 N–H and O–H groups in total. The Morgan fingerprint density at radius 3 is 3.14 bits per heavy atom. The lowest BCUT2D eigenvalue weighted by molar-refractivity contribution is 0.623. The second-order valence-electron chi connectivity index (χ2n) is 3.68. The second kappa shape index (κ2) is 4.42. The molecule has 3 heteroatoms. The van der Waals surface area contributed by atoms with Crippen LogP contribution in [0.3, 0.4) is 0 Å². The molecule has 76 valence electrons. The van der Waals surface area contributed by atoms with Gasteiger partial charge in [-0.15, -0.1) is 0 Å². The van der Waals surface area contributed by atoms with Crippen molar-refractivity contribution >= 4 is 5.69 Å². The van der Waals surface area contributed by atoms with Crippen LogP contribution >= 0.6 is 0 Å². The lowest BCUT2D eigenvalue weighted by atomic mass is 10.2. The van der Waals surface area contributed by atoms with Crippen molar-refractivity contribution in [3.8, 4) is 0 Å². The van der Waals surface area contributed by atoms with Gasteiger partial charge in [0.2, 0.25) is 0 Å². The van der Waals surface area contributed by atoms with E-state index in [2.05, 4.69) is 10.6 Å². The third-order valence-corrected chi connectivity index (χ3v) is 2.54. The fourth-order valence-corrected chi connectivity index (χ4v) is 1.77. The average Bonchev–Trinajstić information content (AvgIpc) is 2.67. The number of nitrogens with one attached hydrogen (secondary N) is 2. The van der Waals surface area contributed by atoms with Crippen LogP contribution in [0.2, 0.25) is 0 Å². The minimum Gasteiger partial charge on any atom is -0.383 e. The highest BCUT2D eigenvalue weighted by Gasteiger charge is 2.12. The summed E-state index contributed by atoms with van der Waals surface area (Å²) in [4.78, 5) is 0. The molecule has 0 aromatic heterocycles. The molecule has 1 fully saturated rings. The predicted molar refractivity (Wildman–Crippen MR) is 55.9 cm³/mol. The lowest BCUT2D eigenvalue weighted by Gasteiger charge is -2.12. The van der Waals surface area contributed by atoms with Gasteiger partial charge in [-0.05, 0) is 37.6 Å². The number of hydrogen-bond donors (Lipinski definition) is 2. The maximum atomic E-state index is 12.8. The Morgan fingerprint density at radius 1 is 1.50 bits per heavy atom. The van der Waals surface area contributed by atoms with E-state index < -0.39 is 0 Å². The monoisotopic (exact) mass is 194 g/mol. The highest BCUT2D eigenvalue weighted by atomic mass is 19.1. The molecule has 1 unspecified atom stereocenters. The van der Waals surface area contributed by atoms with Gasteiger partial charge in [0, 0.05) is 18.3 Å². The van der Waals surface area contributed by atoms with Crippen LogP contribution in [-0.2, 0) is 0 Å². The van der Waals surface area contributed by atoms with Gasteiger partial charge in [0.15, 0.2) is 0 Å². The number of hydrogen-bond acceptors (Lipinski definition) is 2. The van der Waals surface area contributed by atoms with Gasteiger partial charge in [-0.2, -0.15) is 0 Å². The summed E-state index contributed by atoms with van der Waals surface area (Å²) in [6.45, 7) is 1.99. The van der Waals surface area contributed by atoms with Crippen molar-refractivity contribution in [1.29, 1.82) is 0 Å². The molecule has 14 heavy (non-hydrogen) atoms. The number of anilines is 1. The van der Waals surface area contributed by atoms with Crippen LogP contribution in [0.25, 0.3) is 0 Å². The standard InChI is InChI=1S/C11H15FN2/c12-9-3-1-4-10(7-9)14-8-11-5-2-6-13-11/h1,3-4,7,11,13-14H,2,5-6,8H2. The summed E-state index contributed by atoms with van der Waals surface area (Å²) in [7, 11) is 0. The Hall–Kier alpha value is -1.09. The summed E-state index contributed by atoms with van der Waals surface area (Å²) in [6, 6.07) is 7.13. The van der Waals surface area contributed by atoms with E-state index in [-0.39, 0.29) is 5.82 Å². The first-order chi connectivity index (χ1) is 6.84. The van der Waals surface area contributed by atoms with Gasteiger partial charge in [0.25, 0.3) is 0 Å². The molecule has 1 aliphatic rings. The first kappa shape index (κ1) is 9.46. The fraction of sp³-hybridized carbons (Fsp3) is 0.455. The van der Waals surface area contributed by atoms with E-state index in [0.29, 0.717) is 6.04 Å². The normalized spacial score (nSPS) is 21.1. The van der Waals surface area contributed by atoms with Crippen LogP contribution in [0.1, 0.15) is 12.8 Å². The summed E-state index contributed by atoms with van der Waals surface area (Å²) >= 11 is 0. The third-order valence-electron chi connectivity index (χ3n) is 2.54. The second-order valence-corrected chi connectivity index (χ2v) is 3.68. The molecule has 0 radical (unpaired) electrons. The molecule has 2 rings (SSSR count). The molecule has 1 atom stereocenters. The molecule has 1 heterocycles. The summed E-state index contributed by atoms with van der Waals surface area (Å²) in [5.74, 6) is -0.186. The molecule has 0 aliphatic carbocycles. The number of halogens is 1. The highest BCUT2D eigenvalue weighted by Crippen LogP contribution is 2.11. The largest absolute Gasteiger partial charge is 0.383 e. The molecule has 1 aliphatic heterocycles. The third kappa shape index (κ3) is 2.45. The van der Waals surface area contributed by atoms with E-state index in [9.17, 15) is 4.39 Å². The van der Waals surface area contributed by atoms with Gasteiger partial charge < -0.3 is 10.6 Å². The van der Waals surface area contributed by atoms with Crippen LogP contribution < -0.4 is 10.6 Å². The minimum absolute atomic E-state index is 0.186.